The number of fused-ring (bicyclic) bond motifs is 2. The molecule has 2 fully saturated rings. The zero-order valence-corrected chi connectivity index (χ0v) is 17.0. The number of nitrogens with zero attached hydrogens (tertiary/aromatic N) is 5. The van der Waals surface area contributed by atoms with Crippen LogP contribution >= 0.6 is 0 Å². The Morgan fingerprint density at radius 3 is 2.75 bits per heavy atom. The van der Waals surface area contributed by atoms with Crippen LogP contribution in [-0.2, 0) is 14.2 Å². The fourth-order valence-corrected chi connectivity index (χ4v) is 4.12. The highest BCUT2D eigenvalue weighted by molar-refractivity contribution is 5.81. The van der Waals surface area contributed by atoms with E-state index in [0.29, 0.717) is 17.0 Å². The molecule has 4 rings (SSSR count). The first-order valence-corrected chi connectivity index (χ1v) is 10.0. The molecule has 2 N–H and O–H groups in total. The third-order valence-electron chi connectivity index (χ3n) is 5.42. The number of nitrogens with two attached hydrogens (primary N) is 1. The lowest BCUT2D eigenvalue weighted by Crippen LogP contribution is -2.38. The van der Waals surface area contributed by atoms with Crippen LogP contribution in [0.4, 0.5) is 5.82 Å². The molecule has 0 aromatic carbocycles. The SMILES string of the molecule is CCCCCN(C)C[C@H]1O[C@@H](n2cnc3c(N)ncnc32)[C@@H]2OC(C)(C)O[C@@H]21. The second-order valence-corrected chi connectivity index (χ2v) is 8.18. The van der Waals surface area contributed by atoms with Crippen molar-refractivity contribution in [1.29, 1.82) is 0 Å². The van der Waals surface area contributed by atoms with Gasteiger partial charge in [0.25, 0.3) is 0 Å². The first kappa shape index (κ1) is 19.5. The molecule has 28 heavy (non-hydrogen) atoms. The zero-order chi connectivity index (χ0) is 19.9. The number of likely N-dealkylation sites (N-methyl/N-ethyl adjacent to an activating group) is 1. The Morgan fingerprint density at radius 1 is 1.18 bits per heavy atom. The number of unbranched alkanes of at least 4 members (excludes halogenated alkanes) is 2. The Kier molecular flexibility index (Phi) is 5.26. The summed E-state index contributed by atoms with van der Waals surface area (Å²) in [6.45, 7) is 7.92. The van der Waals surface area contributed by atoms with Crippen molar-refractivity contribution in [2.75, 3.05) is 25.9 Å². The van der Waals surface area contributed by atoms with Gasteiger partial charge in [-0.2, -0.15) is 0 Å². The van der Waals surface area contributed by atoms with Gasteiger partial charge >= 0.3 is 0 Å². The minimum Gasteiger partial charge on any atom is -0.382 e. The van der Waals surface area contributed by atoms with Crippen LogP contribution in [0.5, 0.6) is 0 Å². The second-order valence-electron chi connectivity index (χ2n) is 8.18. The molecular weight excluding hydrogens is 360 g/mol. The maximum Gasteiger partial charge on any atom is 0.167 e. The first-order valence-electron chi connectivity index (χ1n) is 10.0. The molecule has 2 aromatic rings. The van der Waals surface area contributed by atoms with E-state index in [9.17, 15) is 0 Å². The van der Waals surface area contributed by atoms with E-state index in [1.165, 1.54) is 25.6 Å². The van der Waals surface area contributed by atoms with Crippen molar-refractivity contribution in [2.24, 2.45) is 0 Å². The third kappa shape index (κ3) is 3.59. The molecule has 2 saturated heterocycles. The van der Waals surface area contributed by atoms with Crippen LogP contribution in [0, 0.1) is 0 Å². The number of ether oxygens (including phenoxy) is 3. The van der Waals surface area contributed by atoms with Crippen LogP contribution < -0.4 is 5.73 Å². The van der Waals surface area contributed by atoms with Crippen molar-refractivity contribution in [2.45, 2.75) is 70.4 Å². The lowest BCUT2D eigenvalue weighted by molar-refractivity contribution is -0.197. The Balaban J connectivity index is 1.57. The van der Waals surface area contributed by atoms with Crippen molar-refractivity contribution in [1.82, 2.24) is 24.4 Å². The summed E-state index contributed by atoms with van der Waals surface area (Å²) >= 11 is 0. The molecule has 0 bridgehead atoms. The number of hydrogen-bond acceptors (Lipinski definition) is 8. The summed E-state index contributed by atoms with van der Waals surface area (Å²) < 4.78 is 20.7. The fourth-order valence-electron chi connectivity index (χ4n) is 4.12. The normalized spacial score (nSPS) is 29.0. The Hall–Kier alpha value is -1.81. The third-order valence-corrected chi connectivity index (χ3v) is 5.42. The molecular formula is C19H30N6O3. The number of anilines is 1. The van der Waals surface area contributed by atoms with Crippen LogP contribution in [0.2, 0.25) is 0 Å². The van der Waals surface area contributed by atoms with Gasteiger partial charge in [0.05, 0.1) is 6.33 Å². The molecule has 2 aromatic heterocycles. The number of hydrogen-bond donors (Lipinski definition) is 1. The summed E-state index contributed by atoms with van der Waals surface area (Å²) in [7, 11) is 2.13. The van der Waals surface area contributed by atoms with Gasteiger partial charge in [0.2, 0.25) is 0 Å². The average Bonchev–Trinajstić information content (AvgIpc) is 3.28. The van der Waals surface area contributed by atoms with Crippen molar-refractivity contribution in [3.8, 4) is 0 Å². The minimum atomic E-state index is -0.652. The number of imidazole rings is 1. The van der Waals surface area contributed by atoms with Crippen molar-refractivity contribution in [3.63, 3.8) is 0 Å². The molecule has 4 heterocycles. The van der Waals surface area contributed by atoms with Crippen LogP contribution in [0.3, 0.4) is 0 Å². The highest BCUT2D eigenvalue weighted by Crippen LogP contribution is 2.43. The topological polar surface area (TPSA) is 101 Å². The molecule has 9 nitrogen and oxygen atoms in total. The van der Waals surface area contributed by atoms with E-state index < -0.39 is 5.79 Å². The van der Waals surface area contributed by atoms with E-state index in [4.69, 9.17) is 19.9 Å². The molecule has 0 spiro atoms. The highest BCUT2D eigenvalue weighted by atomic mass is 16.8. The minimum absolute atomic E-state index is 0.0972. The molecule has 2 aliphatic rings. The average molecular weight is 390 g/mol. The van der Waals surface area contributed by atoms with Crippen molar-refractivity contribution >= 4 is 17.0 Å². The molecule has 154 valence electrons. The van der Waals surface area contributed by atoms with Gasteiger partial charge < -0.3 is 24.8 Å². The monoisotopic (exact) mass is 390 g/mol. The summed E-state index contributed by atoms with van der Waals surface area (Å²) in [6, 6.07) is 0. The van der Waals surface area contributed by atoms with E-state index in [-0.39, 0.29) is 24.5 Å². The molecule has 0 aliphatic carbocycles. The Bertz CT molecular complexity index is 825. The lowest BCUT2D eigenvalue weighted by Gasteiger charge is -2.27. The van der Waals surface area contributed by atoms with E-state index in [1.807, 2.05) is 18.4 Å². The molecule has 0 unspecified atom stereocenters. The largest absolute Gasteiger partial charge is 0.382 e. The first-order chi connectivity index (χ1) is 13.4. The fraction of sp³-hybridized carbons (Fsp3) is 0.737. The highest BCUT2D eigenvalue weighted by Gasteiger charge is 2.56. The van der Waals surface area contributed by atoms with Gasteiger partial charge in [0, 0.05) is 6.54 Å². The number of rotatable bonds is 7. The van der Waals surface area contributed by atoms with Crippen LogP contribution in [0.15, 0.2) is 12.7 Å². The smallest absolute Gasteiger partial charge is 0.167 e. The quantitative estimate of drug-likeness (QED) is 0.716. The summed E-state index contributed by atoms with van der Waals surface area (Å²) in [6.07, 6.45) is 5.91. The van der Waals surface area contributed by atoms with Crippen LogP contribution in [0.25, 0.3) is 11.2 Å². The zero-order valence-electron chi connectivity index (χ0n) is 17.0. The second kappa shape index (κ2) is 7.55. The van der Waals surface area contributed by atoms with Gasteiger partial charge in [0.15, 0.2) is 23.5 Å². The van der Waals surface area contributed by atoms with E-state index in [2.05, 4.69) is 33.8 Å². The van der Waals surface area contributed by atoms with Crippen LogP contribution in [-0.4, -0.2) is 68.7 Å². The van der Waals surface area contributed by atoms with Crippen molar-refractivity contribution < 1.29 is 14.2 Å². The molecule has 9 heteroatoms. The van der Waals surface area contributed by atoms with Crippen LogP contribution in [0.1, 0.15) is 46.3 Å². The van der Waals surface area contributed by atoms with Gasteiger partial charge in [-0.25, -0.2) is 15.0 Å². The summed E-state index contributed by atoms with van der Waals surface area (Å²) in [5.41, 5.74) is 7.15. The Morgan fingerprint density at radius 2 is 1.96 bits per heavy atom. The van der Waals surface area contributed by atoms with Gasteiger partial charge in [-0.05, 0) is 33.9 Å². The Labute approximate surface area is 165 Å². The van der Waals surface area contributed by atoms with Gasteiger partial charge in [-0.3, -0.25) is 4.57 Å². The standard InChI is InChI=1S/C19H30N6O3/c1-5-6-7-8-24(4)9-12-14-15(28-19(2,3)27-14)18(26-12)25-11-23-13-16(20)21-10-22-17(13)25/h10-12,14-15,18H,5-9H2,1-4H3,(H2,20,21,22)/t12-,14-,15-,18-/m1/s1. The number of nitrogen functional groups attached to an aromatic ring is 1. The molecule has 2 aliphatic heterocycles. The van der Waals surface area contributed by atoms with Gasteiger partial charge in [-0.1, -0.05) is 19.8 Å². The molecule has 0 saturated carbocycles. The maximum atomic E-state index is 6.42. The van der Waals surface area contributed by atoms with Gasteiger partial charge in [-0.15, -0.1) is 0 Å². The molecule has 0 radical (unpaired) electrons. The summed E-state index contributed by atoms with van der Waals surface area (Å²) in [5, 5.41) is 0. The lowest BCUT2D eigenvalue weighted by atomic mass is 10.1. The molecule has 0 amide bonds. The number of aromatic nitrogens is 4. The predicted octanol–water partition coefficient (Wildman–Crippen LogP) is 1.95. The van der Waals surface area contributed by atoms with E-state index in [1.54, 1.807) is 6.33 Å². The summed E-state index contributed by atoms with van der Waals surface area (Å²) in [5.74, 6) is -0.296. The van der Waals surface area contributed by atoms with E-state index >= 15 is 0 Å². The van der Waals surface area contributed by atoms with Crippen molar-refractivity contribution in [3.05, 3.63) is 12.7 Å². The van der Waals surface area contributed by atoms with Gasteiger partial charge in [0.1, 0.15) is 30.2 Å². The van der Waals surface area contributed by atoms with E-state index in [0.717, 1.165) is 13.1 Å². The summed E-state index contributed by atoms with van der Waals surface area (Å²) in [4.78, 5) is 15.1. The maximum absolute atomic E-state index is 6.42. The molecule has 4 atom stereocenters. The predicted molar refractivity (Wildman–Crippen MR) is 104 cm³/mol.